The van der Waals surface area contributed by atoms with Crippen molar-refractivity contribution in [3.05, 3.63) is 34.9 Å². The van der Waals surface area contributed by atoms with E-state index in [1.807, 2.05) is 39.0 Å². The largest absolute Gasteiger partial charge is 0.458 e. The van der Waals surface area contributed by atoms with Crippen LogP contribution < -0.4 is 0 Å². The van der Waals surface area contributed by atoms with E-state index in [0.717, 1.165) is 5.56 Å². The van der Waals surface area contributed by atoms with Crippen LogP contribution >= 0.6 is 11.6 Å². The number of hydrogen-bond donors (Lipinski definition) is 0. The third-order valence-corrected chi connectivity index (χ3v) is 2.69. The van der Waals surface area contributed by atoms with Crippen molar-refractivity contribution >= 4 is 17.6 Å². The monoisotopic (exact) mass is 254 g/mol. The molecule has 1 saturated heterocycles. The second kappa shape index (κ2) is 4.31. The standard InChI is InChI=1S/C13H15ClO3/c1-13(2,3)17-12(15)11-10(16-11)8-6-4-5-7-9(8)14/h4-7,10-11H,1-3H3/t10-,11-/m1/s1. The summed E-state index contributed by atoms with van der Waals surface area (Å²) >= 11 is 6.03. The van der Waals surface area contributed by atoms with Crippen molar-refractivity contribution in [2.24, 2.45) is 0 Å². The Bertz CT molecular complexity index is 437. The fourth-order valence-corrected chi connectivity index (χ4v) is 1.84. The molecular weight excluding hydrogens is 240 g/mol. The molecule has 1 aliphatic heterocycles. The maximum atomic E-state index is 11.7. The minimum absolute atomic E-state index is 0.265. The number of carbonyl (C=O) groups excluding carboxylic acids is 1. The fraction of sp³-hybridized carbons (Fsp3) is 0.462. The minimum atomic E-state index is -0.519. The highest BCUT2D eigenvalue weighted by molar-refractivity contribution is 6.31. The maximum Gasteiger partial charge on any atom is 0.338 e. The molecule has 1 aromatic carbocycles. The first-order valence-electron chi connectivity index (χ1n) is 5.51. The Balaban J connectivity index is 2.02. The van der Waals surface area contributed by atoms with Gasteiger partial charge < -0.3 is 9.47 Å². The lowest BCUT2D eigenvalue weighted by atomic mass is 10.1. The van der Waals surface area contributed by atoms with Gasteiger partial charge >= 0.3 is 5.97 Å². The summed E-state index contributed by atoms with van der Waals surface area (Å²) in [6, 6.07) is 7.35. The Kier molecular flexibility index (Phi) is 3.15. The second-order valence-corrected chi connectivity index (χ2v) is 5.44. The van der Waals surface area contributed by atoms with Crippen molar-refractivity contribution in [3.8, 4) is 0 Å². The van der Waals surface area contributed by atoms with E-state index < -0.39 is 11.7 Å². The minimum Gasteiger partial charge on any atom is -0.458 e. The normalized spacial score (nSPS) is 23.3. The van der Waals surface area contributed by atoms with Crippen LogP contribution in [-0.2, 0) is 14.3 Å². The molecule has 1 aromatic rings. The van der Waals surface area contributed by atoms with Crippen LogP contribution in [0.15, 0.2) is 24.3 Å². The van der Waals surface area contributed by atoms with Gasteiger partial charge in [0.25, 0.3) is 0 Å². The van der Waals surface area contributed by atoms with Crippen LogP contribution in [0.1, 0.15) is 32.4 Å². The quantitative estimate of drug-likeness (QED) is 0.601. The van der Waals surface area contributed by atoms with Crippen LogP contribution in [0.2, 0.25) is 5.02 Å². The van der Waals surface area contributed by atoms with E-state index in [1.54, 1.807) is 6.07 Å². The van der Waals surface area contributed by atoms with Crippen molar-refractivity contribution in [1.82, 2.24) is 0 Å². The number of halogens is 1. The molecule has 17 heavy (non-hydrogen) atoms. The summed E-state index contributed by atoms with van der Waals surface area (Å²) in [6.45, 7) is 5.49. The summed E-state index contributed by atoms with van der Waals surface area (Å²) in [6.07, 6.45) is -0.785. The predicted octanol–water partition coefficient (Wildman–Crippen LogP) is 3.12. The average Bonchev–Trinajstić information content (AvgIpc) is 2.95. The van der Waals surface area contributed by atoms with Crippen molar-refractivity contribution < 1.29 is 14.3 Å². The molecule has 0 saturated carbocycles. The zero-order valence-corrected chi connectivity index (χ0v) is 10.8. The zero-order chi connectivity index (χ0) is 12.6. The van der Waals surface area contributed by atoms with Gasteiger partial charge in [-0.05, 0) is 26.8 Å². The van der Waals surface area contributed by atoms with Gasteiger partial charge in [0.05, 0.1) is 0 Å². The summed E-state index contributed by atoms with van der Waals surface area (Å²) in [5, 5.41) is 0.614. The summed E-state index contributed by atoms with van der Waals surface area (Å²) < 4.78 is 10.6. The van der Waals surface area contributed by atoms with Crippen LogP contribution in [0.3, 0.4) is 0 Å². The first kappa shape index (κ1) is 12.4. The van der Waals surface area contributed by atoms with Crippen molar-refractivity contribution in [2.75, 3.05) is 0 Å². The molecule has 0 unspecified atom stereocenters. The molecule has 4 heteroatoms. The van der Waals surface area contributed by atoms with Crippen molar-refractivity contribution in [2.45, 2.75) is 38.6 Å². The molecule has 2 atom stereocenters. The van der Waals surface area contributed by atoms with E-state index in [0.29, 0.717) is 5.02 Å². The molecule has 0 bridgehead atoms. The number of esters is 1. The van der Waals surface area contributed by atoms with Gasteiger partial charge in [-0.15, -0.1) is 0 Å². The lowest BCUT2D eigenvalue weighted by Gasteiger charge is -2.18. The lowest BCUT2D eigenvalue weighted by Crippen LogP contribution is -2.26. The highest BCUT2D eigenvalue weighted by atomic mass is 35.5. The summed E-state index contributed by atoms with van der Waals surface area (Å²) in [7, 11) is 0. The molecule has 0 amide bonds. The molecule has 2 rings (SSSR count). The SMILES string of the molecule is CC(C)(C)OC(=O)[C@@H]1O[C@@H]1c1ccccc1Cl. The Labute approximate surface area is 106 Å². The summed E-state index contributed by atoms with van der Waals surface area (Å²) in [5.41, 5.74) is 0.346. The van der Waals surface area contributed by atoms with Gasteiger partial charge in [-0.3, -0.25) is 0 Å². The number of carbonyl (C=O) groups is 1. The average molecular weight is 255 g/mol. The van der Waals surface area contributed by atoms with E-state index in [2.05, 4.69) is 0 Å². The van der Waals surface area contributed by atoms with E-state index >= 15 is 0 Å². The molecule has 92 valence electrons. The van der Waals surface area contributed by atoms with Crippen LogP contribution in [-0.4, -0.2) is 17.7 Å². The third kappa shape index (κ3) is 2.99. The Hall–Kier alpha value is -1.06. The smallest absolute Gasteiger partial charge is 0.338 e. The van der Waals surface area contributed by atoms with Crippen LogP contribution in [0.4, 0.5) is 0 Å². The Morgan fingerprint density at radius 1 is 1.35 bits per heavy atom. The maximum absolute atomic E-state index is 11.7. The van der Waals surface area contributed by atoms with Gasteiger partial charge in [0.2, 0.25) is 0 Å². The van der Waals surface area contributed by atoms with E-state index in [1.165, 1.54) is 0 Å². The number of benzene rings is 1. The van der Waals surface area contributed by atoms with Crippen molar-refractivity contribution in [1.29, 1.82) is 0 Å². The van der Waals surface area contributed by atoms with Gasteiger partial charge in [0.15, 0.2) is 6.10 Å². The molecule has 0 spiro atoms. The van der Waals surface area contributed by atoms with Crippen molar-refractivity contribution in [3.63, 3.8) is 0 Å². The number of ether oxygens (including phenoxy) is 2. The molecular formula is C13H15ClO3. The van der Waals surface area contributed by atoms with Crippen LogP contribution in [0, 0.1) is 0 Å². The number of hydrogen-bond acceptors (Lipinski definition) is 3. The molecule has 0 radical (unpaired) electrons. The van der Waals surface area contributed by atoms with Gasteiger partial charge in [-0.2, -0.15) is 0 Å². The van der Waals surface area contributed by atoms with Crippen LogP contribution in [0.5, 0.6) is 0 Å². The van der Waals surface area contributed by atoms with E-state index in [9.17, 15) is 4.79 Å². The Morgan fingerprint density at radius 3 is 2.59 bits per heavy atom. The van der Waals surface area contributed by atoms with Gasteiger partial charge in [0, 0.05) is 10.6 Å². The first-order chi connectivity index (χ1) is 7.88. The molecule has 1 aliphatic rings. The zero-order valence-electron chi connectivity index (χ0n) is 10.1. The fourth-order valence-electron chi connectivity index (χ4n) is 1.59. The molecule has 1 heterocycles. The second-order valence-electron chi connectivity index (χ2n) is 5.03. The van der Waals surface area contributed by atoms with E-state index in [-0.39, 0.29) is 12.1 Å². The highest BCUT2D eigenvalue weighted by Gasteiger charge is 2.49. The van der Waals surface area contributed by atoms with Crippen LogP contribution in [0.25, 0.3) is 0 Å². The third-order valence-electron chi connectivity index (χ3n) is 2.34. The van der Waals surface area contributed by atoms with E-state index in [4.69, 9.17) is 21.1 Å². The van der Waals surface area contributed by atoms with Gasteiger partial charge in [-0.25, -0.2) is 4.79 Å². The predicted molar refractivity (Wildman–Crippen MR) is 64.9 cm³/mol. The molecule has 0 N–H and O–H groups in total. The number of epoxide rings is 1. The first-order valence-corrected chi connectivity index (χ1v) is 5.89. The molecule has 0 aromatic heterocycles. The Morgan fingerprint density at radius 2 is 2.00 bits per heavy atom. The molecule has 1 fully saturated rings. The molecule has 0 aliphatic carbocycles. The topological polar surface area (TPSA) is 38.8 Å². The van der Waals surface area contributed by atoms with Gasteiger partial charge in [-0.1, -0.05) is 29.8 Å². The number of rotatable bonds is 2. The summed E-state index contributed by atoms with van der Waals surface area (Å²) in [4.78, 5) is 11.7. The summed E-state index contributed by atoms with van der Waals surface area (Å²) in [5.74, 6) is -0.331. The lowest BCUT2D eigenvalue weighted by molar-refractivity contribution is -0.156. The van der Waals surface area contributed by atoms with Gasteiger partial charge in [0.1, 0.15) is 11.7 Å². The molecule has 3 nitrogen and oxygen atoms in total. The highest BCUT2D eigenvalue weighted by Crippen LogP contribution is 2.42.